The van der Waals surface area contributed by atoms with E-state index in [1.807, 2.05) is 6.92 Å². The van der Waals surface area contributed by atoms with Gasteiger partial charge in [-0.1, -0.05) is 6.07 Å². The SMILES string of the molecule is Cc1cc(C(=O)Nc2cccc(O)c2)n(C)n1. The fraction of sp³-hybridized carbons (Fsp3) is 0.167. The highest BCUT2D eigenvalue weighted by molar-refractivity contribution is 6.03. The molecule has 88 valence electrons. The van der Waals surface area contributed by atoms with Gasteiger partial charge in [-0.15, -0.1) is 0 Å². The first-order valence-electron chi connectivity index (χ1n) is 5.17. The minimum atomic E-state index is -0.251. The van der Waals surface area contributed by atoms with E-state index in [0.717, 1.165) is 5.69 Å². The molecule has 1 aromatic heterocycles. The summed E-state index contributed by atoms with van der Waals surface area (Å²) in [6.45, 7) is 1.82. The van der Waals surface area contributed by atoms with E-state index in [2.05, 4.69) is 10.4 Å². The van der Waals surface area contributed by atoms with Crippen LogP contribution in [0.2, 0.25) is 0 Å². The van der Waals surface area contributed by atoms with Crippen molar-refractivity contribution in [2.45, 2.75) is 6.92 Å². The van der Waals surface area contributed by atoms with Crippen molar-refractivity contribution in [2.75, 3.05) is 5.32 Å². The van der Waals surface area contributed by atoms with Gasteiger partial charge in [0, 0.05) is 18.8 Å². The van der Waals surface area contributed by atoms with Gasteiger partial charge in [-0.25, -0.2) is 0 Å². The standard InChI is InChI=1S/C12H13N3O2/c1-8-6-11(15(2)14-8)12(17)13-9-4-3-5-10(16)7-9/h3-7,16H,1-2H3,(H,13,17). The molecule has 2 rings (SSSR count). The number of hydrogen-bond acceptors (Lipinski definition) is 3. The number of rotatable bonds is 2. The zero-order chi connectivity index (χ0) is 12.4. The molecule has 0 atom stereocenters. The first kappa shape index (κ1) is 11.2. The highest BCUT2D eigenvalue weighted by Crippen LogP contribution is 2.16. The minimum Gasteiger partial charge on any atom is -0.508 e. The highest BCUT2D eigenvalue weighted by atomic mass is 16.3. The van der Waals surface area contributed by atoms with E-state index in [1.54, 1.807) is 31.3 Å². The predicted molar refractivity (Wildman–Crippen MR) is 64.0 cm³/mol. The van der Waals surface area contributed by atoms with Crippen molar-refractivity contribution in [3.8, 4) is 5.75 Å². The molecule has 0 aliphatic heterocycles. The van der Waals surface area contributed by atoms with Gasteiger partial charge < -0.3 is 10.4 Å². The van der Waals surface area contributed by atoms with Crippen LogP contribution in [-0.2, 0) is 7.05 Å². The number of benzene rings is 1. The minimum absolute atomic E-state index is 0.115. The number of amides is 1. The van der Waals surface area contributed by atoms with Crippen LogP contribution in [0.25, 0.3) is 0 Å². The van der Waals surface area contributed by atoms with E-state index in [-0.39, 0.29) is 11.7 Å². The number of hydrogen-bond donors (Lipinski definition) is 2. The Kier molecular flexibility index (Phi) is 2.82. The number of nitrogens with zero attached hydrogens (tertiary/aromatic N) is 2. The fourth-order valence-corrected chi connectivity index (χ4v) is 1.60. The Bertz CT molecular complexity index is 561. The van der Waals surface area contributed by atoms with Crippen molar-refractivity contribution in [3.63, 3.8) is 0 Å². The van der Waals surface area contributed by atoms with Gasteiger partial charge in [0.15, 0.2) is 0 Å². The van der Waals surface area contributed by atoms with Crippen LogP contribution >= 0.6 is 0 Å². The van der Waals surface area contributed by atoms with Gasteiger partial charge in [0.1, 0.15) is 11.4 Å². The molecule has 0 saturated heterocycles. The molecule has 0 fully saturated rings. The summed E-state index contributed by atoms with van der Waals surface area (Å²) in [7, 11) is 1.71. The van der Waals surface area contributed by atoms with Gasteiger partial charge in [-0.3, -0.25) is 9.48 Å². The molecule has 0 bridgehead atoms. The van der Waals surface area contributed by atoms with Crippen molar-refractivity contribution >= 4 is 11.6 Å². The van der Waals surface area contributed by atoms with Crippen LogP contribution in [0.4, 0.5) is 5.69 Å². The van der Waals surface area contributed by atoms with Crippen molar-refractivity contribution < 1.29 is 9.90 Å². The van der Waals surface area contributed by atoms with Crippen LogP contribution in [-0.4, -0.2) is 20.8 Å². The van der Waals surface area contributed by atoms with Gasteiger partial charge >= 0.3 is 0 Å². The number of carbonyl (C=O) groups excluding carboxylic acids is 1. The Balaban J connectivity index is 2.20. The molecule has 0 spiro atoms. The van der Waals surface area contributed by atoms with Crippen LogP contribution < -0.4 is 5.32 Å². The van der Waals surface area contributed by atoms with E-state index in [9.17, 15) is 9.90 Å². The van der Waals surface area contributed by atoms with Crippen LogP contribution in [0.5, 0.6) is 5.75 Å². The second kappa shape index (κ2) is 4.29. The summed E-state index contributed by atoms with van der Waals surface area (Å²) < 4.78 is 1.52. The average Bonchev–Trinajstić information content (AvgIpc) is 2.58. The maximum atomic E-state index is 11.9. The summed E-state index contributed by atoms with van der Waals surface area (Å²) in [4.78, 5) is 11.9. The summed E-state index contributed by atoms with van der Waals surface area (Å²) >= 11 is 0. The highest BCUT2D eigenvalue weighted by Gasteiger charge is 2.11. The normalized spacial score (nSPS) is 10.2. The third-order valence-electron chi connectivity index (χ3n) is 2.34. The molecule has 0 aliphatic carbocycles. The zero-order valence-electron chi connectivity index (χ0n) is 9.64. The van der Waals surface area contributed by atoms with Gasteiger partial charge in [0.25, 0.3) is 5.91 Å². The van der Waals surface area contributed by atoms with E-state index in [0.29, 0.717) is 11.4 Å². The fourth-order valence-electron chi connectivity index (χ4n) is 1.60. The molecular formula is C12H13N3O2. The molecule has 2 N–H and O–H groups in total. The lowest BCUT2D eigenvalue weighted by atomic mass is 10.3. The Morgan fingerprint density at radius 2 is 2.18 bits per heavy atom. The van der Waals surface area contributed by atoms with Crippen LogP contribution in [0.15, 0.2) is 30.3 Å². The maximum absolute atomic E-state index is 11.9. The lowest BCUT2D eigenvalue weighted by molar-refractivity contribution is 0.101. The Labute approximate surface area is 98.7 Å². The molecule has 1 aromatic carbocycles. The number of anilines is 1. The maximum Gasteiger partial charge on any atom is 0.273 e. The van der Waals surface area contributed by atoms with Crippen molar-refractivity contribution in [1.29, 1.82) is 0 Å². The van der Waals surface area contributed by atoms with Crippen molar-refractivity contribution in [1.82, 2.24) is 9.78 Å². The first-order chi connectivity index (χ1) is 8.06. The number of phenols is 1. The second-order valence-electron chi connectivity index (χ2n) is 3.80. The average molecular weight is 231 g/mol. The van der Waals surface area contributed by atoms with Crippen LogP contribution in [0.3, 0.4) is 0 Å². The summed E-state index contributed by atoms with van der Waals surface area (Å²) in [5, 5.41) is 16.1. The summed E-state index contributed by atoms with van der Waals surface area (Å²) in [6, 6.07) is 8.11. The molecule has 17 heavy (non-hydrogen) atoms. The third kappa shape index (κ3) is 2.44. The Morgan fingerprint density at radius 1 is 1.41 bits per heavy atom. The van der Waals surface area contributed by atoms with E-state index in [1.165, 1.54) is 10.7 Å². The van der Waals surface area contributed by atoms with Crippen LogP contribution in [0, 0.1) is 6.92 Å². The second-order valence-corrected chi connectivity index (χ2v) is 3.80. The van der Waals surface area contributed by atoms with E-state index in [4.69, 9.17) is 0 Å². The number of carbonyl (C=O) groups is 1. The van der Waals surface area contributed by atoms with Crippen LogP contribution in [0.1, 0.15) is 16.2 Å². The number of aryl methyl sites for hydroxylation is 2. The summed E-state index contributed by atoms with van der Waals surface area (Å²) in [5.41, 5.74) is 1.81. The zero-order valence-corrected chi connectivity index (χ0v) is 9.64. The summed E-state index contributed by atoms with van der Waals surface area (Å²) in [5.74, 6) is -0.136. The Morgan fingerprint density at radius 3 is 2.76 bits per heavy atom. The summed E-state index contributed by atoms with van der Waals surface area (Å²) in [6.07, 6.45) is 0. The molecule has 5 nitrogen and oxygen atoms in total. The smallest absolute Gasteiger partial charge is 0.273 e. The molecule has 0 radical (unpaired) electrons. The van der Waals surface area contributed by atoms with E-state index < -0.39 is 0 Å². The monoisotopic (exact) mass is 231 g/mol. The quantitative estimate of drug-likeness (QED) is 0.826. The largest absolute Gasteiger partial charge is 0.508 e. The lowest BCUT2D eigenvalue weighted by Gasteiger charge is -2.05. The van der Waals surface area contributed by atoms with Gasteiger partial charge in [-0.05, 0) is 25.1 Å². The third-order valence-corrected chi connectivity index (χ3v) is 2.34. The lowest BCUT2D eigenvalue weighted by Crippen LogP contribution is -2.15. The molecule has 0 saturated carbocycles. The van der Waals surface area contributed by atoms with Gasteiger partial charge in [-0.2, -0.15) is 5.10 Å². The number of nitrogens with one attached hydrogen (secondary N) is 1. The number of phenolic OH excluding ortho intramolecular Hbond substituents is 1. The number of aromatic nitrogens is 2. The molecular weight excluding hydrogens is 218 g/mol. The van der Waals surface area contributed by atoms with E-state index >= 15 is 0 Å². The molecule has 0 aliphatic rings. The Hall–Kier alpha value is -2.30. The topological polar surface area (TPSA) is 67.2 Å². The molecule has 0 unspecified atom stereocenters. The molecule has 1 amide bonds. The number of aromatic hydroxyl groups is 1. The van der Waals surface area contributed by atoms with Crippen molar-refractivity contribution in [3.05, 3.63) is 41.7 Å². The predicted octanol–water partition coefficient (Wildman–Crippen LogP) is 1.69. The first-order valence-corrected chi connectivity index (χ1v) is 5.17. The van der Waals surface area contributed by atoms with Gasteiger partial charge in [0.2, 0.25) is 0 Å². The van der Waals surface area contributed by atoms with Gasteiger partial charge in [0.05, 0.1) is 5.69 Å². The van der Waals surface area contributed by atoms with Crippen molar-refractivity contribution in [2.24, 2.45) is 7.05 Å². The molecule has 1 heterocycles. The molecule has 2 aromatic rings. The molecule has 5 heteroatoms.